The maximum Gasteiger partial charge on any atom is 0.338 e. The molecule has 98 valence electrons. The number of aromatic carboxylic acids is 1. The van der Waals surface area contributed by atoms with Crippen LogP contribution >= 0.6 is 0 Å². The number of hydrogen-bond donors (Lipinski definition) is 2. The van der Waals surface area contributed by atoms with Crippen molar-refractivity contribution in [3.05, 3.63) is 29.6 Å². The van der Waals surface area contributed by atoms with Gasteiger partial charge in [-0.25, -0.2) is 4.79 Å². The highest BCUT2D eigenvalue weighted by molar-refractivity contribution is 6.03. The Hall–Kier alpha value is -1.95. The van der Waals surface area contributed by atoms with Gasteiger partial charge in [0.25, 0.3) is 5.91 Å². The largest absolute Gasteiger partial charge is 0.478 e. The summed E-state index contributed by atoms with van der Waals surface area (Å²) < 4.78 is 4.96. The lowest BCUT2D eigenvalue weighted by Crippen LogP contribution is -2.38. The molecular formula is C12H16N2O4. The van der Waals surface area contributed by atoms with Gasteiger partial charge in [0.15, 0.2) is 0 Å². The van der Waals surface area contributed by atoms with E-state index < -0.39 is 11.9 Å². The van der Waals surface area contributed by atoms with E-state index in [-0.39, 0.29) is 17.3 Å². The molecule has 1 amide bonds. The van der Waals surface area contributed by atoms with Crippen LogP contribution in [0.1, 0.15) is 34.2 Å². The Kier molecular flexibility index (Phi) is 5.26. The van der Waals surface area contributed by atoms with Crippen LogP contribution in [0.5, 0.6) is 0 Å². The monoisotopic (exact) mass is 252 g/mol. The summed E-state index contributed by atoms with van der Waals surface area (Å²) in [6, 6.07) is 2.67. The molecule has 0 aliphatic carbocycles. The molecule has 0 aromatic carbocycles. The van der Waals surface area contributed by atoms with Crippen molar-refractivity contribution in [1.82, 2.24) is 10.3 Å². The first-order chi connectivity index (χ1) is 8.60. The zero-order valence-corrected chi connectivity index (χ0v) is 10.3. The molecule has 0 spiro atoms. The van der Waals surface area contributed by atoms with Crippen LogP contribution in [0.2, 0.25) is 0 Å². The van der Waals surface area contributed by atoms with Gasteiger partial charge in [0.1, 0.15) is 5.69 Å². The molecular weight excluding hydrogens is 236 g/mol. The Bertz CT molecular complexity index is 434. The average Bonchev–Trinajstić information content (AvgIpc) is 2.38. The van der Waals surface area contributed by atoms with Gasteiger partial charge in [-0.2, -0.15) is 0 Å². The van der Waals surface area contributed by atoms with E-state index in [1.54, 1.807) is 0 Å². The van der Waals surface area contributed by atoms with Gasteiger partial charge >= 0.3 is 5.97 Å². The van der Waals surface area contributed by atoms with Crippen LogP contribution in [0.25, 0.3) is 0 Å². The second-order valence-electron chi connectivity index (χ2n) is 3.74. The first-order valence-corrected chi connectivity index (χ1v) is 5.58. The SMILES string of the molecule is CCC(COC)NC(=O)c1ncccc1C(=O)O. The highest BCUT2D eigenvalue weighted by atomic mass is 16.5. The number of hydrogen-bond acceptors (Lipinski definition) is 4. The van der Waals surface area contributed by atoms with Crippen molar-refractivity contribution in [3.8, 4) is 0 Å². The molecule has 1 aromatic heterocycles. The number of methoxy groups -OCH3 is 1. The summed E-state index contributed by atoms with van der Waals surface area (Å²) in [4.78, 5) is 26.7. The number of carbonyl (C=O) groups excluding carboxylic acids is 1. The molecule has 1 aromatic rings. The number of nitrogens with zero attached hydrogens (tertiary/aromatic N) is 1. The average molecular weight is 252 g/mol. The number of nitrogens with one attached hydrogen (secondary N) is 1. The molecule has 0 aliphatic heterocycles. The number of amides is 1. The van der Waals surface area contributed by atoms with Crippen molar-refractivity contribution in [2.45, 2.75) is 19.4 Å². The Morgan fingerprint density at radius 3 is 2.83 bits per heavy atom. The fourth-order valence-corrected chi connectivity index (χ4v) is 1.48. The Labute approximate surface area is 105 Å². The second-order valence-corrected chi connectivity index (χ2v) is 3.74. The third kappa shape index (κ3) is 3.53. The summed E-state index contributed by atoms with van der Waals surface area (Å²) in [6.45, 7) is 2.28. The number of rotatable bonds is 6. The van der Waals surface area contributed by atoms with E-state index in [2.05, 4.69) is 10.3 Å². The summed E-state index contributed by atoms with van der Waals surface area (Å²) >= 11 is 0. The number of ether oxygens (including phenoxy) is 1. The molecule has 1 unspecified atom stereocenters. The van der Waals surface area contributed by atoms with Gasteiger partial charge in [0.2, 0.25) is 0 Å². The summed E-state index contributed by atoms with van der Waals surface area (Å²) in [7, 11) is 1.54. The van der Waals surface area contributed by atoms with Crippen molar-refractivity contribution in [2.75, 3.05) is 13.7 Å². The number of carboxylic acids is 1. The predicted octanol–water partition coefficient (Wildman–Crippen LogP) is 0.935. The molecule has 1 heterocycles. The number of carboxylic acid groups (broad SMARTS) is 1. The van der Waals surface area contributed by atoms with Crippen molar-refractivity contribution >= 4 is 11.9 Å². The summed E-state index contributed by atoms with van der Waals surface area (Å²) in [5.74, 6) is -1.68. The third-order valence-corrected chi connectivity index (χ3v) is 2.45. The molecule has 1 rings (SSSR count). The van der Waals surface area contributed by atoms with Crippen LogP contribution in [-0.4, -0.2) is 41.7 Å². The van der Waals surface area contributed by atoms with E-state index >= 15 is 0 Å². The molecule has 18 heavy (non-hydrogen) atoms. The first kappa shape index (κ1) is 14.1. The lowest BCUT2D eigenvalue weighted by molar-refractivity contribution is 0.0688. The molecule has 0 saturated carbocycles. The second kappa shape index (κ2) is 6.70. The van der Waals surface area contributed by atoms with Gasteiger partial charge in [0, 0.05) is 13.3 Å². The predicted molar refractivity (Wildman–Crippen MR) is 64.6 cm³/mol. The zero-order chi connectivity index (χ0) is 13.5. The molecule has 0 fully saturated rings. The van der Waals surface area contributed by atoms with Crippen LogP contribution in [-0.2, 0) is 4.74 Å². The van der Waals surface area contributed by atoms with Gasteiger partial charge < -0.3 is 15.2 Å². The maximum absolute atomic E-state index is 11.9. The van der Waals surface area contributed by atoms with Crippen LogP contribution in [0, 0.1) is 0 Å². The van der Waals surface area contributed by atoms with Gasteiger partial charge in [-0.15, -0.1) is 0 Å². The van der Waals surface area contributed by atoms with Crippen LogP contribution < -0.4 is 5.32 Å². The van der Waals surface area contributed by atoms with Crippen molar-refractivity contribution in [1.29, 1.82) is 0 Å². The summed E-state index contributed by atoms with van der Waals surface area (Å²) in [5, 5.41) is 11.7. The minimum Gasteiger partial charge on any atom is -0.478 e. The van der Waals surface area contributed by atoms with E-state index in [0.29, 0.717) is 13.0 Å². The van der Waals surface area contributed by atoms with Crippen LogP contribution in [0.15, 0.2) is 18.3 Å². The van der Waals surface area contributed by atoms with Gasteiger partial charge in [-0.3, -0.25) is 9.78 Å². The Morgan fingerprint density at radius 1 is 1.56 bits per heavy atom. The van der Waals surface area contributed by atoms with E-state index in [1.165, 1.54) is 25.4 Å². The molecule has 0 bridgehead atoms. The Balaban J connectivity index is 2.87. The standard InChI is InChI=1S/C12H16N2O4/c1-3-8(7-18-2)14-11(15)10-9(12(16)17)5-4-6-13-10/h4-6,8H,3,7H2,1-2H3,(H,14,15)(H,16,17). The molecule has 0 aliphatic rings. The van der Waals surface area contributed by atoms with E-state index in [4.69, 9.17) is 9.84 Å². The first-order valence-electron chi connectivity index (χ1n) is 5.58. The Morgan fingerprint density at radius 2 is 2.28 bits per heavy atom. The highest BCUT2D eigenvalue weighted by Gasteiger charge is 2.19. The van der Waals surface area contributed by atoms with Gasteiger partial charge in [-0.1, -0.05) is 6.92 Å². The summed E-state index contributed by atoms with van der Waals surface area (Å²) in [5.41, 5.74) is -0.193. The fraction of sp³-hybridized carbons (Fsp3) is 0.417. The fourth-order valence-electron chi connectivity index (χ4n) is 1.48. The van der Waals surface area contributed by atoms with Crippen molar-refractivity contribution in [3.63, 3.8) is 0 Å². The molecule has 6 heteroatoms. The highest BCUT2D eigenvalue weighted by Crippen LogP contribution is 2.06. The van der Waals surface area contributed by atoms with Gasteiger partial charge in [0.05, 0.1) is 18.2 Å². The quantitative estimate of drug-likeness (QED) is 0.786. The smallest absolute Gasteiger partial charge is 0.338 e. The minimum atomic E-state index is -1.17. The molecule has 2 N–H and O–H groups in total. The molecule has 1 atom stereocenters. The lowest BCUT2D eigenvalue weighted by atomic mass is 10.1. The molecule has 0 saturated heterocycles. The van der Waals surface area contributed by atoms with Crippen LogP contribution in [0.3, 0.4) is 0 Å². The van der Waals surface area contributed by atoms with Crippen molar-refractivity contribution in [2.24, 2.45) is 0 Å². The van der Waals surface area contributed by atoms with Gasteiger partial charge in [-0.05, 0) is 18.6 Å². The van der Waals surface area contributed by atoms with E-state index in [0.717, 1.165) is 0 Å². The number of pyridine rings is 1. The third-order valence-electron chi connectivity index (χ3n) is 2.45. The molecule has 6 nitrogen and oxygen atoms in total. The van der Waals surface area contributed by atoms with Crippen molar-refractivity contribution < 1.29 is 19.4 Å². The lowest BCUT2D eigenvalue weighted by Gasteiger charge is -2.16. The zero-order valence-electron chi connectivity index (χ0n) is 10.3. The summed E-state index contributed by atoms with van der Waals surface area (Å²) in [6.07, 6.45) is 2.08. The maximum atomic E-state index is 11.9. The van der Waals surface area contributed by atoms with E-state index in [9.17, 15) is 9.59 Å². The number of aromatic nitrogens is 1. The number of carbonyl (C=O) groups is 2. The normalized spacial score (nSPS) is 11.9. The topological polar surface area (TPSA) is 88.5 Å². The van der Waals surface area contributed by atoms with Crippen LogP contribution in [0.4, 0.5) is 0 Å². The molecule has 0 radical (unpaired) electrons. The van der Waals surface area contributed by atoms with E-state index in [1.807, 2.05) is 6.92 Å². The minimum absolute atomic E-state index is 0.0837.